The van der Waals surface area contributed by atoms with E-state index in [1.54, 1.807) is 0 Å². The van der Waals surface area contributed by atoms with Crippen molar-refractivity contribution in [2.24, 2.45) is 0 Å². The first-order chi connectivity index (χ1) is 9.51. The van der Waals surface area contributed by atoms with E-state index >= 15 is 0 Å². The molecule has 0 saturated heterocycles. The zero-order chi connectivity index (χ0) is 14.8. The Hall–Kier alpha value is -0.863. The Morgan fingerprint density at radius 3 is 2.40 bits per heavy atom. The minimum absolute atomic E-state index is 0.522. The molecule has 1 rings (SSSR count). The predicted octanol–water partition coefficient (Wildman–Crippen LogP) is 5.16. The normalized spacial score (nSPS) is 13.8. The molecule has 1 N–H and O–H groups in total. The van der Waals surface area contributed by atoms with Crippen LogP contribution in [0.1, 0.15) is 38.2 Å². The average molecular weight is 290 g/mol. The third-order valence-electron chi connectivity index (χ3n) is 3.36. The number of hydrogen-bond donors (Lipinski definition) is 1. The SMILES string of the molecule is CCCCC[C@H](/C=C/[Si](C)(C)C)NCc1ccccc1. The van der Waals surface area contributed by atoms with Crippen LogP contribution in [-0.2, 0) is 6.54 Å². The Morgan fingerprint density at radius 1 is 1.10 bits per heavy atom. The maximum absolute atomic E-state index is 3.70. The standard InChI is InChI=1S/C18H31NSi/c1-5-6-8-13-18(14-15-20(2,3)4)19-16-17-11-9-7-10-12-17/h7,9-12,14-15,18-19H,5-6,8,13,16H2,1-4H3/b15-14+/t18-/m1/s1. The van der Waals surface area contributed by atoms with Crippen LogP contribution in [0.25, 0.3) is 0 Å². The molecule has 0 radical (unpaired) electrons. The van der Waals surface area contributed by atoms with Gasteiger partial charge < -0.3 is 5.32 Å². The minimum atomic E-state index is -1.10. The topological polar surface area (TPSA) is 12.0 Å². The summed E-state index contributed by atoms with van der Waals surface area (Å²) in [4.78, 5) is 0. The number of rotatable bonds is 9. The second-order valence-electron chi connectivity index (χ2n) is 6.69. The lowest BCUT2D eigenvalue weighted by atomic mass is 10.1. The van der Waals surface area contributed by atoms with Crippen molar-refractivity contribution in [1.29, 1.82) is 0 Å². The highest BCUT2D eigenvalue weighted by Crippen LogP contribution is 2.09. The van der Waals surface area contributed by atoms with E-state index in [0.717, 1.165) is 6.54 Å². The van der Waals surface area contributed by atoms with E-state index in [0.29, 0.717) is 6.04 Å². The van der Waals surface area contributed by atoms with Crippen molar-refractivity contribution in [1.82, 2.24) is 5.32 Å². The molecule has 0 amide bonds. The van der Waals surface area contributed by atoms with Gasteiger partial charge in [0.15, 0.2) is 0 Å². The molecule has 1 aromatic rings. The van der Waals surface area contributed by atoms with Gasteiger partial charge >= 0.3 is 0 Å². The molecular weight excluding hydrogens is 258 g/mol. The van der Waals surface area contributed by atoms with Crippen LogP contribution >= 0.6 is 0 Å². The summed E-state index contributed by atoms with van der Waals surface area (Å²) < 4.78 is 0. The summed E-state index contributed by atoms with van der Waals surface area (Å²) in [6.07, 6.45) is 7.62. The molecule has 0 unspecified atom stereocenters. The second-order valence-corrected chi connectivity index (χ2v) is 11.8. The van der Waals surface area contributed by atoms with E-state index in [1.165, 1.54) is 31.2 Å². The van der Waals surface area contributed by atoms with Gasteiger partial charge in [0.1, 0.15) is 0 Å². The van der Waals surface area contributed by atoms with Crippen LogP contribution in [0.4, 0.5) is 0 Å². The van der Waals surface area contributed by atoms with Crippen LogP contribution in [0.5, 0.6) is 0 Å². The summed E-state index contributed by atoms with van der Waals surface area (Å²) >= 11 is 0. The highest BCUT2D eigenvalue weighted by atomic mass is 28.3. The lowest BCUT2D eigenvalue weighted by molar-refractivity contribution is 0.523. The van der Waals surface area contributed by atoms with Crippen molar-refractivity contribution in [2.45, 2.75) is 64.8 Å². The van der Waals surface area contributed by atoms with Gasteiger partial charge in [-0.15, -0.1) is 0 Å². The molecule has 2 heteroatoms. The maximum atomic E-state index is 3.70. The number of benzene rings is 1. The summed E-state index contributed by atoms with van der Waals surface area (Å²) in [7, 11) is -1.10. The van der Waals surface area contributed by atoms with Crippen molar-refractivity contribution in [3.63, 3.8) is 0 Å². The Labute approximate surface area is 126 Å². The molecule has 0 fully saturated rings. The average Bonchev–Trinajstić information content (AvgIpc) is 2.41. The smallest absolute Gasteiger partial charge is 0.0683 e. The van der Waals surface area contributed by atoms with Gasteiger partial charge in [-0.25, -0.2) is 0 Å². The fourth-order valence-electron chi connectivity index (χ4n) is 2.13. The van der Waals surface area contributed by atoms with E-state index in [4.69, 9.17) is 0 Å². The molecule has 0 heterocycles. The molecule has 0 aromatic heterocycles. The highest BCUT2D eigenvalue weighted by Gasteiger charge is 2.10. The summed E-state index contributed by atoms with van der Waals surface area (Å²) in [5, 5.41) is 3.70. The Balaban J connectivity index is 2.51. The molecule has 0 aliphatic heterocycles. The van der Waals surface area contributed by atoms with Gasteiger partial charge in [0.2, 0.25) is 0 Å². The minimum Gasteiger partial charge on any atom is -0.306 e. The first-order valence-corrected chi connectivity index (χ1v) is 11.6. The molecule has 0 aliphatic carbocycles. The van der Waals surface area contributed by atoms with Crippen LogP contribution < -0.4 is 5.32 Å². The fraction of sp³-hybridized carbons (Fsp3) is 0.556. The van der Waals surface area contributed by atoms with E-state index in [2.05, 4.69) is 74.0 Å². The molecule has 1 nitrogen and oxygen atoms in total. The first-order valence-electron chi connectivity index (χ1n) is 7.98. The van der Waals surface area contributed by atoms with Gasteiger partial charge in [-0.2, -0.15) is 0 Å². The molecule has 0 aliphatic rings. The predicted molar refractivity (Wildman–Crippen MR) is 93.7 cm³/mol. The summed E-state index contributed by atoms with van der Waals surface area (Å²) in [5.41, 5.74) is 3.84. The Bertz CT molecular complexity index is 378. The van der Waals surface area contributed by atoms with Gasteiger partial charge in [0, 0.05) is 12.6 Å². The van der Waals surface area contributed by atoms with Crippen molar-refractivity contribution >= 4 is 8.07 Å². The lowest BCUT2D eigenvalue weighted by Crippen LogP contribution is -2.28. The van der Waals surface area contributed by atoms with E-state index < -0.39 is 8.07 Å². The maximum Gasteiger partial charge on any atom is 0.0683 e. The third kappa shape index (κ3) is 8.34. The molecule has 1 aromatic carbocycles. The van der Waals surface area contributed by atoms with Crippen molar-refractivity contribution in [3.05, 3.63) is 47.7 Å². The quantitative estimate of drug-likeness (QED) is 0.489. The zero-order valence-electron chi connectivity index (χ0n) is 13.7. The number of nitrogens with one attached hydrogen (secondary N) is 1. The summed E-state index contributed by atoms with van der Waals surface area (Å²) in [6, 6.07) is 11.2. The first kappa shape index (κ1) is 17.2. The molecule has 1 atom stereocenters. The highest BCUT2D eigenvalue weighted by molar-refractivity contribution is 6.80. The zero-order valence-corrected chi connectivity index (χ0v) is 14.7. The van der Waals surface area contributed by atoms with Crippen LogP contribution in [0.15, 0.2) is 42.1 Å². The molecular formula is C18H31NSi. The second kappa shape index (κ2) is 9.14. The van der Waals surface area contributed by atoms with E-state index in [1.807, 2.05) is 0 Å². The van der Waals surface area contributed by atoms with Crippen LogP contribution in [0.3, 0.4) is 0 Å². The number of unbranched alkanes of at least 4 members (excludes halogenated alkanes) is 2. The van der Waals surface area contributed by atoms with Crippen molar-refractivity contribution < 1.29 is 0 Å². The molecule has 112 valence electrons. The third-order valence-corrected chi connectivity index (χ3v) is 4.55. The van der Waals surface area contributed by atoms with Gasteiger partial charge in [-0.3, -0.25) is 0 Å². The molecule has 20 heavy (non-hydrogen) atoms. The fourth-order valence-corrected chi connectivity index (χ4v) is 2.94. The van der Waals surface area contributed by atoms with Crippen LogP contribution in [0, 0.1) is 0 Å². The lowest BCUT2D eigenvalue weighted by Gasteiger charge is -2.17. The molecule has 0 bridgehead atoms. The Morgan fingerprint density at radius 2 is 1.80 bits per heavy atom. The van der Waals surface area contributed by atoms with Gasteiger partial charge in [-0.05, 0) is 12.0 Å². The Kier molecular flexibility index (Phi) is 7.86. The largest absolute Gasteiger partial charge is 0.306 e. The van der Waals surface area contributed by atoms with Crippen molar-refractivity contribution in [2.75, 3.05) is 0 Å². The van der Waals surface area contributed by atoms with E-state index in [-0.39, 0.29) is 0 Å². The molecule has 0 spiro atoms. The van der Waals surface area contributed by atoms with Crippen LogP contribution in [-0.4, -0.2) is 14.1 Å². The van der Waals surface area contributed by atoms with Gasteiger partial charge in [0.25, 0.3) is 0 Å². The number of hydrogen-bond acceptors (Lipinski definition) is 1. The van der Waals surface area contributed by atoms with E-state index in [9.17, 15) is 0 Å². The summed E-state index contributed by atoms with van der Waals surface area (Å²) in [5.74, 6) is 0. The van der Waals surface area contributed by atoms with Crippen LogP contribution in [0.2, 0.25) is 19.6 Å². The summed E-state index contributed by atoms with van der Waals surface area (Å²) in [6.45, 7) is 10.4. The van der Waals surface area contributed by atoms with Gasteiger partial charge in [-0.1, -0.05) is 87.9 Å². The molecule has 0 saturated carbocycles. The van der Waals surface area contributed by atoms with Gasteiger partial charge in [0.05, 0.1) is 8.07 Å². The monoisotopic (exact) mass is 289 g/mol. The van der Waals surface area contributed by atoms with Crippen molar-refractivity contribution in [3.8, 4) is 0 Å².